The topological polar surface area (TPSA) is 29.9 Å². The highest BCUT2D eigenvalue weighted by atomic mass is 35.5. The molecule has 1 atom stereocenters. The molecular weight excluding hydrogens is 210 g/mol. The summed E-state index contributed by atoms with van der Waals surface area (Å²) in [5.41, 5.74) is 2.16. The van der Waals surface area contributed by atoms with Crippen molar-refractivity contribution in [2.24, 2.45) is 0 Å². The maximum atomic E-state index is 6.30. The molecule has 0 fully saturated rings. The summed E-state index contributed by atoms with van der Waals surface area (Å²) in [6, 6.07) is 0.425. The van der Waals surface area contributed by atoms with Gasteiger partial charge in [-0.25, -0.2) is 0 Å². The molecule has 1 aromatic heterocycles. The predicted molar refractivity (Wildman–Crippen MR) is 64.5 cm³/mol. The minimum Gasteiger partial charge on any atom is -0.317 e. The monoisotopic (exact) mass is 229 g/mol. The van der Waals surface area contributed by atoms with Crippen molar-refractivity contribution in [3.05, 3.63) is 16.4 Å². The van der Waals surface area contributed by atoms with E-state index in [9.17, 15) is 0 Å². The highest BCUT2D eigenvalue weighted by Gasteiger charge is 2.15. The van der Waals surface area contributed by atoms with E-state index in [1.807, 2.05) is 11.7 Å². The number of halogens is 1. The number of nitrogens with one attached hydrogen (secondary N) is 1. The first-order chi connectivity index (χ1) is 7.13. The van der Waals surface area contributed by atoms with Gasteiger partial charge in [0.1, 0.15) is 0 Å². The van der Waals surface area contributed by atoms with Crippen LogP contribution in [0.25, 0.3) is 0 Å². The van der Waals surface area contributed by atoms with Gasteiger partial charge in [0.05, 0.1) is 16.4 Å². The van der Waals surface area contributed by atoms with Crippen LogP contribution in [0.1, 0.15) is 32.2 Å². The van der Waals surface area contributed by atoms with Crippen molar-refractivity contribution in [1.82, 2.24) is 15.1 Å². The fraction of sp³-hybridized carbons (Fsp3) is 0.727. The summed E-state index contributed by atoms with van der Waals surface area (Å²) in [5, 5.41) is 8.56. The highest BCUT2D eigenvalue weighted by Crippen LogP contribution is 2.22. The molecule has 0 saturated carbocycles. The Kier molecular flexibility index (Phi) is 4.61. The molecule has 1 unspecified atom stereocenters. The van der Waals surface area contributed by atoms with Gasteiger partial charge in [-0.1, -0.05) is 18.5 Å². The van der Waals surface area contributed by atoms with E-state index in [4.69, 9.17) is 11.6 Å². The van der Waals surface area contributed by atoms with Gasteiger partial charge in [0.2, 0.25) is 0 Å². The van der Waals surface area contributed by atoms with E-state index in [-0.39, 0.29) is 0 Å². The quantitative estimate of drug-likeness (QED) is 0.840. The number of hydrogen-bond donors (Lipinski definition) is 1. The average Bonchev–Trinajstić information content (AvgIpc) is 2.55. The van der Waals surface area contributed by atoms with Crippen LogP contribution < -0.4 is 5.32 Å². The van der Waals surface area contributed by atoms with E-state index >= 15 is 0 Å². The predicted octanol–water partition coefficient (Wildman–Crippen LogP) is 2.27. The molecule has 15 heavy (non-hydrogen) atoms. The van der Waals surface area contributed by atoms with Crippen LogP contribution in [0.5, 0.6) is 0 Å². The number of hydrogen-bond acceptors (Lipinski definition) is 2. The first-order valence-electron chi connectivity index (χ1n) is 5.55. The summed E-state index contributed by atoms with van der Waals surface area (Å²) in [4.78, 5) is 0. The minimum absolute atomic E-state index is 0.425. The Balaban J connectivity index is 2.97. The van der Waals surface area contributed by atoms with Gasteiger partial charge in [-0.2, -0.15) is 5.10 Å². The molecule has 3 nitrogen and oxygen atoms in total. The Morgan fingerprint density at radius 3 is 2.60 bits per heavy atom. The maximum Gasteiger partial charge on any atom is 0.0850 e. The normalized spacial score (nSPS) is 13.1. The molecular formula is C11H20ClN3. The Hall–Kier alpha value is -0.540. The summed E-state index contributed by atoms with van der Waals surface area (Å²) >= 11 is 6.30. The summed E-state index contributed by atoms with van der Waals surface area (Å²) in [5.74, 6) is 0. The van der Waals surface area contributed by atoms with Crippen molar-refractivity contribution < 1.29 is 0 Å². The van der Waals surface area contributed by atoms with Gasteiger partial charge >= 0.3 is 0 Å². The third kappa shape index (κ3) is 2.73. The Morgan fingerprint density at radius 1 is 1.47 bits per heavy atom. The number of rotatable bonds is 5. The van der Waals surface area contributed by atoms with Crippen LogP contribution in [0.2, 0.25) is 5.02 Å². The second kappa shape index (κ2) is 5.52. The van der Waals surface area contributed by atoms with Crippen molar-refractivity contribution in [2.75, 3.05) is 7.05 Å². The molecule has 1 rings (SSSR count). The lowest BCUT2D eigenvalue weighted by Crippen LogP contribution is -2.25. The SMILES string of the molecule is CCc1nn(CC)c(CC(C)NC)c1Cl. The lowest BCUT2D eigenvalue weighted by atomic mass is 10.1. The molecule has 86 valence electrons. The molecule has 0 aromatic carbocycles. The fourth-order valence-corrected chi connectivity index (χ4v) is 1.95. The van der Waals surface area contributed by atoms with E-state index in [2.05, 4.69) is 31.2 Å². The first-order valence-corrected chi connectivity index (χ1v) is 5.93. The van der Waals surface area contributed by atoms with Gasteiger partial charge in [0.15, 0.2) is 0 Å². The van der Waals surface area contributed by atoms with Crippen molar-refractivity contribution >= 4 is 11.6 Å². The van der Waals surface area contributed by atoms with Crippen LogP contribution in [0.4, 0.5) is 0 Å². The molecule has 1 heterocycles. The number of nitrogens with zero attached hydrogens (tertiary/aromatic N) is 2. The van der Waals surface area contributed by atoms with Crippen molar-refractivity contribution in [2.45, 2.75) is 46.2 Å². The van der Waals surface area contributed by atoms with Gasteiger partial charge in [0.25, 0.3) is 0 Å². The Morgan fingerprint density at radius 2 is 2.13 bits per heavy atom. The van der Waals surface area contributed by atoms with Crippen LogP contribution in [0, 0.1) is 0 Å². The summed E-state index contributed by atoms with van der Waals surface area (Å²) in [6.07, 6.45) is 1.82. The second-order valence-electron chi connectivity index (χ2n) is 3.77. The molecule has 0 aliphatic rings. The molecule has 1 aromatic rings. The van der Waals surface area contributed by atoms with Crippen molar-refractivity contribution in [1.29, 1.82) is 0 Å². The van der Waals surface area contributed by atoms with Gasteiger partial charge in [-0.15, -0.1) is 0 Å². The maximum absolute atomic E-state index is 6.30. The second-order valence-corrected chi connectivity index (χ2v) is 4.15. The van der Waals surface area contributed by atoms with Crippen LogP contribution in [-0.2, 0) is 19.4 Å². The average molecular weight is 230 g/mol. The zero-order valence-corrected chi connectivity index (χ0v) is 10.7. The largest absolute Gasteiger partial charge is 0.317 e. The minimum atomic E-state index is 0.425. The van der Waals surface area contributed by atoms with Crippen LogP contribution in [0.3, 0.4) is 0 Å². The number of aromatic nitrogens is 2. The first kappa shape index (κ1) is 12.5. The number of aryl methyl sites for hydroxylation is 2. The molecule has 4 heteroatoms. The van der Waals surface area contributed by atoms with Crippen LogP contribution in [-0.4, -0.2) is 22.9 Å². The smallest absolute Gasteiger partial charge is 0.0850 e. The summed E-state index contributed by atoms with van der Waals surface area (Å²) in [7, 11) is 1.96. The van der Waals surface area contributed by atoms with Crippen LogP contribution >= 0.6 is 11.6 Å². The van der Waals surface area contributed by atoms with E-state index in [0.29, 0.717) is 6.04 Å². The summed E-state index contributed by atoms with van der Waals surface area (Å²) in [6.45, 7) is 7.20. The van der Waals surface area contributed by atoms with Crippen LogP contribution in [0.15, 0.2) is 0 Å². The Bertz CT molecular complexity index is 320. The molecule has 0 saturated heterocycles. The van der Waals surface area contributed by atoms with Crippen molar-refractivity contribution in [3.63, 3.8) is 0 Å². The van der Waals surface area contributed by atoms with E-state index in [0.717, 1.165) is 35.8 Å². The standard InChI is InChI=1S/C11H20ClN3/c1-5-9-11(12)10(7-8(3)13-4)15(6-2)14-9/h8,13H,5-7H2,1-4H3. The molecule has 0 radical (unpaired) electrons. The molecule has 0 aliphatic heterocycles. The fourth-order valence-electron chi connectivity index (χ4n) is 1.60. The Labute approximate surface area is 96.8 Å². The van der Waals surface area contributed by atoms with Gasteiger partial charge in [-0.05, 0) is 27.3 Å². The van der Waals surface area contributed by atoms with E-state index in [1.165, 1.54) is 0 Å². The molecule has 1 N–H and O–H groups in total. The van der Waals surface area contributed by atoms with E-state index < -0.39 is 0 Å². The van der Waals surface area contributed by atoms with Crippen molar-refractivity contribution in [3.8, 4) is 0 Å². The zero-order chi connectivity index (χ0) is 11.4. The number of likely N-dealkylation sites (N-methyl/N-ethyl adjacent to an activating group) is 1. The third-order valence-electron chi connectivity index (χ3n) is 2.69. The van der Waals surface area contributed by atoms with Gasteiger partial charge < -0.3 is 5.32 Å². The van der Waals surface area contributed by atoms with E-state index in [1.54, 1.807) is 0 Å². The van der Waals surface area contributed by atoms with Gasteiger partial charge in [0, 0.05) is 19.0 Å². The van der Waals surface area contributed by atoms with Gasteiger partial charge in [-0.3, -0.25) is 4.68 Å². The molecule has 0 spiro atoms. The lowest BCUT2D eigenvalue weighted by molar-refractivity contribution is 0.551. The third-order valence-corrected chi connectivity index (χ3v) is 3.12. The zero-order valence-electron chi connectivity index (χ0n) is 9.97. The molecule has 0 bridgehead atoms. The highest BCUT2D eigenvalue weighted by molar-refractivity contribution is 6.31. The lowest BCUT2D eigenvalue weighted by Gasteiger charge is -2.11. The summed E-state index contributed by atoms with van der Waals surface area (Å²) < 4.78 is 2.01. The molecule has 0 aliphatic carbocycles. The molecule has 0 amide bonds.